The van der Waals surface area contributed by atoms with E-state index in [1.54, 1.807) is 18.2 Å². The molecule has 6 heteroatoms. The number of fused-ring (bicyclic) bond motifs is 1. The lowest BCUT2D eigenvalue weighted by Gasteiger charge is -2.18. The summed E-state index contributed by atoms with van der Waals surface area (Å²) in [7, 11) is 0. The Morgan fingerprint density at radius 3 is 2.65 bits per heavy atom. The first-order chi connectivity index (χ1) is 12.7. The number of ether oxygens (including phenoxy) is 1. The van der Waals surface area contributed by atoms with Crippen LogP contribution in [0.4, 0.5) is 5.69 Å². The summed E-state index contributed by atoms with van der Waals surface area (Å²) >= 11 is 0. The largest absolute Gasteiger partial charge is 0.482 e. The van der Waals surface area contributed by atoms with E-state index >= 15 is 0 Å². The van der Waals surface area contributed by atoms with Crippen molar-refractivity contribution in [2.45, 2.75) is 6.54 Å². The van der Waals surface area contributed by atoms with Crippen molar-refractivity contribution in [3.05, 3.63) is 78.1 Å². The highest BCUT2D eigenvalue weighted by atomic mass is 16.5. The minimum Gasteiger partial charge on any atom is -0.482 e. The lowest BCUT2D eigenvalue weighted by atomic mass is 10.1. The number of hydrogen-bond donors (Lipinski definition) is 2. The quantitative estimate of drug-likeness (QED) is 0.762. The van der Waals surface area contributed by atoms with Gasteiger partial charge in [0.05, 0.1) is 5.69 Å². The Morgan fingerprint density at radius 2 is 1.88 bits per heavy atom. The Hall–Kier alpha value is -3.54. The normalized spacial score (nSPS) is 12.7. The van der Waals surface area contributed by atoms with E-state index in [1.165, 1.54) is 0 Å². The molecule has 1 aromatic heterocycles. The maximum atomic E-state index is 12.3. The van der Waals surface area contributed by atoms with Crippen LogP contribution in [0.2, 0.25) is 0 Å². The number of amides is 2. The van der Waals surface area contributed by atoms with Crippen molar-refractivity contribution in [3.8, 4) is 11.4 Å². The van der Waals surface area contributed by atoms with Gasteiger partial charge >= 0.3 is 0 Å². The molecule has 4 rings (SSSR count). The molecule has 0 radical (unpaired) electrons. The van der Waals surface area contributed by atoms with Gasteiger partial charge in [-0.05, 0) is 54.1 Å². The van der Waals surface area contributed by atoms with Crippen molar-refractivity contribution < 1.29 is 14.3 Å². The van der Waals surface area contributed by atoms with Gasteiger partial charge < -0.3 is 19.9 Å². The van der Waals surface area contributed by atoms with Gasteiger partial charge in [0.1, 0.15) is 5.75 Å². The van der Waals surface area contributed by atoms with E-state index < -0.39 is 0 Å². The number of nitrogens with zero attached hydrogens (tertiary/aromatic N) is 1. The molecule has 0 spiro atoms. The molecule has 0 fully saturated rings. The summed E-state index contributed by atoms with van der Waals surface area (Å²) in [6.07, 6.45) is 3.91. The van der Waals surface area contributed by atoms with E-state index in [4.69, 9.17) is 4.74 Å². The Labute approximate surface area is 150 Å². The van der Waals surface area contributed by atoms with Gasteiger partial charge in [0.25, 0.3) is 11.8 Å². The van der Waals surface area contributed by atoms with E-state index in [0.29, 0.717) is 23.5 Å². The predicted octanol–water partition coefficient (Wildman–Crippen LogP) is 2.74. The molecule has 0 bridgehead atoms. The van der Waals surface area contributed by atoms with Gasteiger partial charge in [0.15, 0.2) is 6.61 Å². The molecule has 0 atom stereocenters. The summed E-state index contributed by atoms with van der Waals surface area (Å²) in [6.45, 7) is 0.388. The van der Waals surface area contributed by atoms with Crippen LogP contribution in [0.1, 0.15) is 15.9 Å². The summed E-state index contributed by atoms with van der Waals surface area (Å²) in [6, 6.07) is 16.8. The second kappa shape index (κ2) is 6.76. The topological polar surface area (TPSA) is 72.4 Å². The minimum atomic E-state index is -0.165. The molecule has 0 aliphatic carbocycles. The number of hydrogen-bond acceptors (Lipinski definition) is 3. The summed E-state index contributed by atoms with van der Waals surface area (Å²) < 4.78 is 7.37. The summed E-state index contributed by atoms with van der Waals surface area (Å²) in [4.78, 5) is 23.6. The van der Waals surface area contributed by atoms with Crippen LogP contribution in [0.25, 0.3) is 5.69 Å². The fourth-order valence-electron chi connectivity index (χ4n) is 2.80. The number of carbonyl (C=O) groups is 2. The van der Waals surface area contributed by atoms with Crippen LogP contribution in [0.15, 0.2) is 67.0 Å². The van der Waals surface area contributed by atoms with E-state index in [1.807, 2.05) is 53.4 Å². The molecule has 130 valence electrons. The molecule has 2 N–H and O–H groups in total. The zero-order valence-corrected chi connectivity index (χ0v) is 13.9. The zero-order valence-electron chi connectivity index (χ0n) is 13.9. The molecule has 2 amide bonds. The van der Waals surface area contributed by atoms with Crippen LogP contribution in [0, 0.1) is 0 Å². The molecule has 1 aliphatic rings. The van der Waals surface area contributed by atoms with Crippen LogP contribution in [-0.2, 0) is 11.3 Å². The molecule has 0 unspecified atom stereocenters. The average molecular weight is 347 g/mol. The Balaban J connectivity index is 1.40. The van der Waals surface area contributed by atoms with Crippen molar-refractivity contribution in [2.75, 3.05) is 11.9 Å². The number of carbonyl (C=O) groups excluding carboxylic acids is 2. The van der Waals surface area contributed by atoms with Crippen LogP contribution in [0.5, 0.6) is 5.75 Å². The molecular formula is C20H17N3O3. The molecule has 6 nitrogen and oxygen atoms in total. The maximum Gasteiger partial charge on any atom is 0.262 e. The number of aromatic nitrogens is 1. The monoisotopic (exact) mass is 347 g/mol. The van der Waals surface area contributed by atoms with Crippen molar-refractivity contribution in [2.24, 2.45) is 0 Å². The summed E-state index contributed by atoms with van der Waals surface area (Å²) in [5.41, 5.74) is 3.15. The van der Waals surface area contributed by atoms with Crippen molar-refractivity contribution in [1.29, 1.82) is 0 Å². The van der Waals surface area contributed by atoms with E-state index in [2.05, 4.69) is 10.6 Å². The Morgan fingerprint density at radius 1 is 1.12 bits per heavy atom. The fourth-order valence-corrected chi connectivity index (χ4v) is 2.80. The number of anilines is 1. The molecule has 2 heterocycles. The molecule has 0 saturated heterocycles. The third-order valence-electron chi connectivity index (χ3n) is 4.16. The van der Waals surface area contributed by atoms with Gasteiger partial charge in [-0.25, -0.2) is 0 Å². The maximum absolute atomic E-state index is 12.3. The van der Waals surface area contributed by atoms with Gasteiger partial charge in [0, 0.05) is 30.2 Å². The van der Waals surface area contributed by atoms with E-state index in [-0.39, 0.29) is 18.4 Å². The predicted molar refractivity (Wildman–Crippen MR) is 97.5 cm³/mol. The highest BCUT2D eigenvalue weighted by Crippen LogP contribution is 2.28. The summed E-state index contributed by atoms with van der Waals surface area (Å²) in [5.74, 6) is 0.310. The molecule has 2 aromatic carbocycles. The van der Waals surface area contributed by atoms with Crippen LogP contribution < -0.4 is 15.4 Å². The average Bonchev–Trinajstić information content (AvgIpc) is 3.21. The highest BCUT2D eigenvalue weighted by molar-refractivity contribution is 5.95. The number of nitrogens with one attached hydrogen (secondary N) is 2. The molecular weight excluding hydrogens is 330 g/mol. The molecule has 1 aliphatic heterocycles. The first-order valence-corrected chi connectivity index (χ1v) is 8.26. The zero-order chi connectivity index (χ0) is 17.9. The standard InChI is InChI=1S/C20H17N3O3/c24-19-13-26-18-11-14(3-8-17(18)22-19)12-21-20(25)15-4-6-16(7-5-15)23-9-1-2-10-23/h1-11H,12-13H2,(H,21,25)(H,22,24). The first kappa shape index (κ1) is 16.0. The molecule has 0 saturated carbocycles. The summed E-state index contributed by atoms with van der Waals surface area (Å²) in [5, 5.41) is 5.64. The van der Waals surface area contributed by atoms with Gasteiger partial charge in [0.2, 0.25) is 0 Å². The molecule has 3 aromatic rings. The second-order valence-corrected chi connectivity index (χ2v) is 5.99. The fraction of sp³-hybridized carbons (Fsp3) is 0.100. The van der Waals surface area contributed by atoms with Gasteiger partial charge in [-0.2, -0.15) is 0 Å². The van der Waals surface area contributed by atoms with Crippen LogP contribution >= 0.6 is 0 Å². The van der Waals surface area contributed by atoms with Crippen LogP contribution in [0.3, 0.4) is 0 Å². The van der Waals surface area contributed by atoms with Gasteiger partial charge in [-0.3, -0.25) is 9.59 Å². The Kier molecular flexibility index (Phi) is 4.15. The van der Waals surface area contributed by atoms with E-state index in [9.17, 15) is 9.59 Å². The second-order valence-electron chi connectivity index (χ2n) is 5.99. The third kappa shape index (κ3) is 3.30. The molecule has 26 heavy (non-hydrogen) atoms. The third-order valence-corrected chi connectivity index (χ3v) is 4.16. The van der Waals surface area contributed by atoms with Crippen molar-refractivity contribution in [1.82, 2.24) is 9.88 Å². The van der Waals surface area contributed by atoms with Gasteiger partial charge in [-0.1, -0.05) is 6.07 Å². The van der Waals surface area contributed by atoms with Crippen LogP contribution in [-0.4, -0.2) is 23.0 Å². The lowest BCUT2D eigenvalue weighted by molar-refractivity contribution is -0.118. The van der Waals surface area contributed by atoms with Crippen molar-refractivity contribution >= 4 is 17.5 Å². The van der Waals surface area contributed by atoms with Crippen molar-refractivity contribution in [3.63, 3.8) is 0 Å². The number of rotatable bonds is 4. The SMILES string of the molecule is O=C1COc2cc(CNC(=O)c3ccc(-n4cccc4)cc3)ccc2N1. The first-order valence-electron chi connectivity index (χ1n) is 8.26. The Bertz CT molecular complexity index is 947. The van der Waals surface area contributed by atoms with E-state index in [0.717, 1.165) is 11.3 Å². The van der Waals surface area contributed by atoms with Gasteiger partial charge in [-0.15, -0.1) is 0 Å². The highest BCUT2D eigenvalue weighted by Gasteiger charge is 2.16. The minimum absolute atomic E-state index is 0.0105. The lowest BCUT2D eigenvalue weighted by Crippen LogP contribution is -2.26. The smallest absolute Gasteiger partial charge is 0.262 e. The number of benzene rings is 2.